The summed E-state index contributed by atoms with van der Waals surface area (Å²) in [5.41, 5.74) is 18.9. The molecule has 2 aliphatic rings. The fourth-order valence-corrected chi connectivity index (χ4v) is 10.8. The first-order valence-corrected chi connectivity index (χ1v) is 21.6. The Labute approximate surface area is 358 Å². The van der Waals surface area contributed by atoms with E-state index >= 15 is 0 Å². The van der Waals surface area contributed by atoms with Gasteiger partial charge in [0.2, 0.25) is 0 Å². The largest absolute Gasteiger partial charge is 0.310 e. The van der Waals surface area contributed by atoms with Crippen molar-refractivity contribution in [3.8, 4) is 44.5 Å². The third kappa shape index (κ3) is 5.33. The van der Waals surface area contributed by atoms with Gasteiger partial charge < -0.3 is 4.90 Å². The van der Waals surface area contributed by atoms with Gasteiger partial charge in [-0.05, 0) is 154 Å². The number of nitrogens with zero attached hydrogens (tertiary/aromatic N) is 1. The molecule has 0 radical (unpaired) electrons. The molecule has 1 heteroatoms. The lowest BCUT2D eigenvalue weighted by molar-refractivity contribution is 0.660. The molecule has 1 nitrogen and oxygen atoms in total. The Hall–Kier alpha value is -7.22. The summed E-state index contributed by atoms with van der Waals surface area (Å²) in [6.45, 7) is 9.53. The SMILES string of the molecule is CC1(C)c2ccccc2-c2ccc(N(c3ccc(-c4ccccc4)cc3)c3cccc(-c4ccc5c(c4)C(C)(C)c4cc6c7ccccc7c7ccccc7c6cc4-5)c3)cc21. The summed E-state index contributed by atoms with van der Waals surface area (Å²) < 4.78 is 0. The topological polar surface area (TPSA) is 3.24 Å². The zero-order chi connectivity index (χ0) is 41.0. The second kappa shape index (κ2) is 13.1. The van der Waals surface area contributed by atoms with Crippen LogP contribution in [0.2, 0.25) is 0 Å². The van der Waals surface area contributed by atoms with E-state index < -0.39 is 0 Å². The average molecular weight is 780 g/mol. The van der Waals surface area contributed by atoms with Gasteiger partial charge in [0.1, 0.15) is 0 Å². The highest BCUT2D eigenvalue weighted by Crippen LogP contribution is 2.53. The van der Waals surface area contributed by atoms with Crippen LogP contribution in [0.15, 0.2) is 200 Å². The van der Waals surface area contributed by atoms with E-state index in [-0.39, 0.29) is 10.8 Å². The molecule has 10 aromatic rings. The molecule has 0 bridgehead atoms. The van der Waals surface area contributed by atoms with Gasteiger partial charge in [0.25, 0.3) is 0 Å². The molecule has 12 rings (SSSR count). The molecule has 61 heavy (non-hydrogen) atoms. The Bertz CT molecular complexity index is 3400. The molecule has 0 aliphatic heterocycles. The molecule has 10 aromatic carbocycles. The summed E-state index contributed by atoms with van der Waals surface area (Å²) in [5.74, 6) is 0. The van der Waals surface area contributed by atoms with Crippen LogP contribution in [0.4, 0.5) is 17.1 Å². The van der Waals surface area contributed by atoms with Crippen LogP contribution in [-0.2, 0) is 10.8 Å². The molecule has 0 N–H and O–H groups in total. The third-order valence-electron chi connectivity index (χ3n) is 14.0. The number of hydrogen-bond donors (Lipinski definition) is 0. The number of fused-ring (bicyclic) bond motifs is 12. The van der Waals surface area contributed by atoms with Crippen molar-refractivity contribution in [2.75, 3.05) is 4.90 Å². The van der Waals surface area contributed by atoms with Crippen LogP contribution in [0.25, 0.3) is 76.8 Å². The first kappa shape index (κ1) is 35.7. The number of hydrogen-bond acceptors (Lipinski definition) is 1. The third-order valence-corrected chi connectivity index (χ3v) is 14.0. The quantitative estimate of drug-likeness (QED) is 0.157. The summed E-state index contributed by atoms with van der Waals surface area (Å²) in [4.78, 5) is 2.44. The Balaban J connectivity index is 0.982. The lowest BCUT2D eigenvalue weighted by Gasteiger charge is -2.28. The molecule has 0 saturated heterocycles. The molecule has 0 atom stereocenters. The zero-order valence-corrected chi connectivity index (χ0v) is 35.0. The second-order valence-corrected chi connectivity index (χ2v) is 18.1. The number of benzene rings is 10. The first-order valence-electron chi connectivity index (χ1n) is 21.6. The lowest BCUT2D eigenvalue weighted by Crippen LogP contribution is -2.16. The van der Waals surface area contributed by atoms with Crippen molar-refractivity contribution in [1.29, 1.82) is 0 Å². The van der Waals surface area contributed by atoms with Crippen LogP contribution in [0.3, 0.4) is 0 Å². The van der Waals surface area contributed by atoms with E-state index in [0.717, 1.165) is 17.1 Å². The van der Waals surface area contributed by atoms with E-state index in [2.05, 4.69) is 233 Å². The molecule has 0 unspecified atom stereocenters. The maximum Gasteiger partial charge on any atom is 0.0467 e. The van der Waals surface area contributed by atoms with Crippen LogP contribution in [0, 0.1) is 0 Å². The van der Waals surface area contributed by atoms with E-state index in [1.54, 1.807) is 0 Å². The Morgan fingerprint density at radius 2 is 0.721 bits per heavy atom. The van der Waals surface area contributed by atoms with E-state index in [1.165, 1.54) is 99.1 Å². The minimum absolute atomic E-state index is 0.104. The molecular formula is C60H45N. The van der Waals surface area contributed by atoms with E-state index in [4.69, 9.17) is 0 Å². The summed E-state index contributed by atoms with van der Waals surface area (Å²) in [6.07, 6.45) is 0. The number of rotatable bonds is 5. The van der Waals surface area contributed by atoms with Gasteiger partial charge in [-0.1, -0.05) is 173 Å². The highest BCUT2D eigenvalue weighted by Gasteiger charge is 2.37. The fraction of sp³-hybridized carbons (Fsp3) is 0.100. The average Bonchev–Trinajstić information content (AvgIpc) is 3.67. The summed E-state index contributed by atoms with van der Waals surface area (Å²) in [6, 6.07) is 74.7. The smallest absolute Gasteiger partial charge is 0.0467 e. The van der Waals surface area contributed by atoms with Crippen molar-refractivity contribution >= 4 is 49.4 Å². The fourth-order valence-electron chi connectivity index (χ4n) is 10.8. The van der Waals surface area contributed by atoms with Gasteiger partial charge in [0.15, 0.2) is 0 Å². The van der Waals surface area contributed by atoms with E-state index in [9.17, 15) is 0 Å². The predicted octanol–water partition coefficient (Wildman–Crippen LogP) is 16.6. The monoisotopic (exact) mass is 779 g/mol. The first-order chi connectivity index (χ1) is 29.8. The zero-order valence-electron chi connectivity index (χ0n) is 35.0. The standard InChI is InChI=1S/C60H45N/c1-59(2)55-24-13-12-23-49(55)50-32-30-44(35-57(50)59)61(42-28-25-39(26-29-42)38-15-6-5-7-16-38)43-18-14-17-40(33-43)41-27-31-51-54-36-52-47-21-10-8-19-45(47)46-20-9-11-22-48(46)53(52)37-58(54)60(3,4)56(51)34-41/h5-37H,1-4H3. The minimum atomic E-state index is -0.166. The predicted molar refractivity (Wildman–Crippen MR) is 260 cm³/mol. The van der Waals surface area contributed by atoms with Gasteiger partial charge >= 0.3 is 0 Å². The van der Waals surface area contributed by atoms with Crippen molar-refractivity contribution in [2.24, 2.45) is 0 Å². The van der Waals surface area contributed by atoms with Crippen molar-refractivity contribution in [2.45, 2.75) is 38.5 Å². The second-order valence-electron chi connectivity index (χ2n) is 18.1. The Morgan fingerprint density at radius 1 is 0.262 bits per heavy atom. The van der Waals surface area contributed by atoms with Crippen LogP contribution in [0.1, 0.15) is 49.9 Å². The van der Waals surface area contributed by atoms with Gasteiger partial charge in [0, 0.05) is 27.9 Å². The van der Waals surface area contributed by atoms with Crippen molar-refractivity contribution in [3.63, 3.8) is 0 Å². The van der Waals surface area contributed by atoms with Gasteiger partial charge in [-0.15, -0.1) is 0 Å². The molecule has 0 fully saturated rings. The van der Waals surface area contributed by atoms with Crippen molar-refractivity contribution < 1.29 is 0 Å². The summed E-state index contributed by atoms with van der Waals surface area (Å²) in [5, 5.41) is 7.92. The molecular weight excluding hydrogens is 735 g/mol. The van der Waals surface area contributed by atoms with Crippen LogP contribution in [-0.4, -0.2) is 0 Å². The van der Waals surface area contributed by atoms with Crippen LogP contribution >= 0.6 is 0 Å². The Kier molecular flexibility index (Phi) is 7.69. The maximum atomic E-state index is 2.50. The summed E-state index contributed by atoms with van der Waals surface area (Å²) >= 11 is 0. The Morgan fingerprint density at radius 3 is 1.46 bits per heavy atom. The molecule has 290 valence electrons. The molecule has 0 heterocycles. The maximum absolute atomic E-state index is 2.50. The normalized spacial score (nSPS) is 14.2. The summed E-state index contributed by atoms with van der Waals surface area (Å²) in [7, 11) is 0. The molecule has 0 saturated carbocycles. The molecule has 0 aromatic heterocycles. The van der Waals surface area contributed by atoms with Gasteiger partial charge in [-0.2, -0.15) is 0 Å². The van der Waals surface area contributed by atoms with Gasteiger partial charge in [-0.25, -0.2) is 0 Å². The van der Waals surface area contributed by atoms with E-state index in [0.29, 0.717) is 0 Å². The van der Waals surface area contributed by atoms with Crippen LogP contribution < -0.4 is 4.90 Å². The highest BCUT2D eigenvalue weighted by molar-refractivity contribution is 6.26. The number of anilines is 3. The molecule has 0 spiro atoms. The highest BCUT2D eigenvalue weighted by atomic mass is 15.1. The molecule has 2 aliphatic carbocycles. The van der Waals surface area contributed by atoms with Crippen molar-refractivity contribution in [3.05, 3.63) is 222 Å². The van der Waals surface area contributed by atoms with Crippen molar-refractivity contribution in [1.82, 2.24) is 0 Å². The van der Waals surface area contributed by atoms with Gasteiger partial charge in [-0.3, -0.25) is 0 Å². The van der Waals surface area contributed by atoms with Crippen LogP contribution in [0.5, 0.6) is 0 Å². The van der Waals surface area contributed by atoms with Gasteiger partial charge in [0.05, 0.1) is 0 Å². The molecule has 0 amide bonds. The van der Waals surface area contributed by atoms with E-state index in [1.807, 2.05) is 0 Å². The minimum Gasteiger partial charge on any atom is -0.310 e. The lowest BCUT2D eigenvalue weighted by atomic mass is 9.80.